The zero-order valence-electron chi connectivity index (χ0n) is 17.4. The lowest BCUT2D eigenvalue weighted by atomic mass is 9.93. The van der Waals surface area contributed by atoms with Crippen LogP contribution in [-0.4, -0.2) is 34.0 Å². The minimum absolute atomic E-state index is 0.210. The molecule has 0 saturated heterocycles. The number of thiophene rings is 1. The Morgan fingerprint density at radius 1 is 1.24 bits per heavy atom. The summed E-state index contributed by atoms with van der Waals surface area (Å²) in [6.45, 7) is 1.84. The van der Waals surface area contributed by atoms with Gasteiger partial charge >= 0.3 is 12.1 Å². The summed E-state index contributed by atoms with van der Waals surface area (Å²) in [4.78, 5) is 13.2. The molecule has 13 heteroatoms. The van der Waals surface area contributed by atoms with E-state index in [0.717, 1.165) is 28.6 Å². The third-order valence-electron chi connectivity index (χ3n) is 5.36. The van der Waals surface area contributed by atoms with Crippen molar-refractivity contribution in [2.24, 2.45) is 5.10 Å². The average Bonchev–Trinajstić information content (AvgIpc) is 3.38. The highest BCUT2D eigenvalue weighted by Crippen LogP contribution is 2.50. The smallest absolute Gasteiger partial charge is 0.363 e. The normalized spacial score (nSPS) is 18.6. The lowest BCUT2D eigenvalue weighted by Gasteiger charge is -2.37. The molecule has 6 nitrogen and oxygen atoms in total. The molecule has 1 amide bonds. The molecule has 3 aromatic rings. The molecule has 1 aliphatic rings. The molecule has 0 bridgehead atoms. The van der Waals surface area contributed by atoms with E-state index in [1.165, 1.54) is 29.7 Å². The molecule has 0 unspecified atom stereocenters. The molecular formula is C21H17F6N5OS. The number of aryl methyl sites for hydroxylation is 1. The number of fused-ring (bicyclic) bond motifs is 1. The number of amides is 1. The molecule has 1 aromatic carbocycles. The standard InChI is InChI=1S/C21H17F6N5OS/c1-11-6-7-34-16(11)10-28-30-19(33)15-9-18-29-14(12-2-4-13(22)5-3-12)8-17(32(18)31-15)20(23,24)21(25,26)27/h2-7,9-10,14,17,29H,8H2,1H3,(H,30,33)/b28-10-/t14-,17-/m0/s1. The number of hydrogen-bond acceptors (Lipinski definition) is 5. The number of carbonyl (C=O) groups is 1. The van der Waals surface area contributed by atoms with E-state index < -0.39 is 48.0 Å². The Morgan fingerprint density at radius 3 is 2.56 bits per heavy atom. The van der Waals surface area contributed by atoms with Crippen LogP contribution in [0.3, 0.4) is 0 Å². The maximum Gasteiger partial charge on any atom is 0.455 e. The molecule has 4 rings (SSSR count). The van der Waals surface area contributed by atoms with Gasteiger partial charge in [-0.2, -0.15) is 32.2 Å². The number of nitrogens with zero attached hydrogens (tertiary/aromatic N) is 3. The Hall–Kier alpha value is -3.35. The number of hydrazone groups is 1. The van der Waals surface area contributed by atoms with Crippen LogP contribution >= 0.6 is 11.3 Å². The maximum absolute atomic E-state index is 14.5. The second kappa shape index (κ2) is 8.78. The van der Waals surface area contributed by atoms with Crippen LogP contribution in [0.25, 0.3) is 0 Å². The summed E-state index contributed by atoms with van der Waals surface area (Å²) < 4.78 is 82.4. The second-order valence-electron chi connectivity index (χ2n) is 7.65. The van der Waals surface area contributed by atoms with Gasteiger partial charge in [-0.25, -0.2) is 14.5 Å². The van der Waals surface area contributed by atoms with Crippen LogP contribution in [0.5, 0.6) is 0 Å². The summed E-state index contributed by atoms with van der Waals surface area (Å²) in [5.74, 6) is -6.82. The van der Waals surface area contributed by atoms with E-state index in [0.29, 0.717) is 10.2 Å². The van der Waals surface area contributed by atoms with Gasteiger partial charge in [0.15, 0.2) is 5.69 Å². The first-order valence-electron chi connectivity index (χ1n) is 9.91. The van der Waals surface area contributed by atoms with E-state index in [9.17, 15) is 31.1 Å². The molecule has 0 saturated carbocycles. The quantitative estimate of drug-likeness (QED) is 0.278. The molecular weight excluding hydrogens is 484 g/mol. The number of alkyl halides is 5. The molecule has 3 heterocycles. The number of aromatic nitrogens is 2. The summed E-state index contributed by atoms with van der Waals surface area (Å²) >= 11 is 1.38. The number of carbonyl (C=O) groups excluding carboxylic acids is 1. The molecule has 2 aromatic heterocycles. The zero-order valence-corrected chi connectivity index (χ0v) is 18.2. The molecule has 0 fully saturated rings. The van der Waals surface area contributed by atoms with Crippen LogP contribution in [0.4, 0.5) is 32.2 Å². The Kier molecular flexibility index (Phi) is 6.14. The van der Waals surface area contributed by atoms with Crippen LogP contribution in [0.1, 0.15) is 45.0 Å². The number of rotatable bonds is 5. The maximum atomic E-state index is 14.5. The van der Waals surface area contributed by atoms with Gasteiger partial charge in [0.1, 0.15) is 17.7 Å². The van der Waals surface area contributed by atoms with Gasteiger partial charge in [0.05, 0.1) is 12.3 Å². The lowest BCUT2D eigenvalue weighted by Crippen LogP contribution is -2.47. The fraction of sp³-hybridized carbons (Fsp3) is 0.286. The first-order valence-corrected chi connectivity index (χ1v) is 10.8. The van der Waals surface area contributed by atoms with Crippen molar-refractivity contribution in [2.45, 2.75) is 37.5 Å². The Bertz CT molecular complexity index is 1220. The minimum atomic E-state index is -5.85. The van der Waals surface area contributed by atoms with E-state index >= 15 is 0 Å². The van der Waals surface area contributed by atoms with Crippen LogP contribution in [-0.2, 0) is 0 Å². The largest absolute Gasteiger partial charge is 0.455 e. The SMILES string of the molecule is Cc1ccsc1/C=N\NC(=O)c1cc2n(n1)[C@H](C(F)(F)C(F)(F)F)C[C@@H](c1ccc(F)cc1)N2. The van der Waals surface area contributed by atoms with Crippen molar-refractivity contribution in [2.75, 3.05) is 5.32 Å². The third-order valence-corrected chi connectivity index (χ3v) is 6.32. The number of anilines is 1. The molecule has 0 spiro atoms. The predicted octanol–water partition coefficient (Wildman–Crippen LogP) is 5.45. The monoisotopic (exact) mass is 501 g/mol. The van der Waals surface area contributed by atoms with Gasteiger partial charge in [0.2, 0.25) is 0 Å². The van der Waals surface area contributed by atoms with E-state index in [2.05, 4.69) is 20.9 Å². The van der Waals surface area contributed by atoms with E-state index in [1.807, 2.05) is 18.4 Å². The topological polar surface area (TPSA) is 71.3 Å². The highest BCUT2D eigenvalue weighted by molar-refractivity contribution is 7.11. The molecule has 180 valence electrons. The van der Waals surface area contributed by atoms with Crippen molar-refractivity contribution in [3.05, 3.63) is 69.3 Å². The van der Waals surface area contributed by atoms with Crippen LogP contribution < -0.4 is 10.7 Å². The summed E-state index contributed by atoms with van der Waals surface area (Å²) in [6, 6.07) is 4.21. The van der Waals surface area contributed by atoms with Crippen LogP contribution in [0.15, 0.2) is 46.9 Å². The van der Waals surface area contributed by atoms with Crippen LogP contribution in [0, 0.1) is 12.7 Å². The van der Waals surface area contributed by atoms with Crippen molar-refractivity contribution in [1.29, 1.82) is 0 Å². The number of hydrogen-bond donors (Lipinski definition) is 2. The first-order chi connectivity index (χ1) is 16.0. The summed E-state index contributed by atoms with van der Waals surface area (Å²) in [5, 5.41) is 12.1. The van der Waals surface area contributed by atoms with Gasteiger partial charge in [-0.15, -0.1) is 11.3 Å². The van der Waals surface area contributed by atoms with Gasteiger partial charge < -0.3 is 5.32 Å². The van der Waals surface area contributed by atoms with Gasteiger partial charge in [-0.05, 0) is 41.6 Å². The molecule has 0 radical (unpaired) electrons. The molecule has 0 aliphatic carbocycles. The fourth-order valence-electron chi connectivity index (χ4n) is 3.54. The number of benzene rings is 1. The van der Waals surface area contributed by atoms with Crippen molar-refractivity contribution in [3.63, 3.8) is 0 Å². The van der Waals surface area contributed by atoms with Crippen molar-refractivity contribution >= 4 is 29.3 Å². The Labute approximate surface area is 193 Å². The summed E-state index contributed by atoms with van der Waals surface area (Å²) in [6.07, 6.45) is -5.17. The van der Waals surface area contributed by atoms with Gasteiger partial charge in [-0.1, -0.05) is 12.1 Å². The average molecular weight is 501 g/mol. The predicted molar refractivity (Wildman–Crippen MR) is 114 cm³/mol. The summed E-state index contributed by atoms with van der Waals surface area (Å²) in [5.41, 5.74) is 3.02. The molecule has 34 heavy (non-hydrogen) atoms. The van der Waals surface area contributed by atoms with E-state index in [1.54, 1.807) is 0 Å². The first kappa shape index (κ1) is 23.8. The minimum Gasteiger partial charge on any atom is -0.363 e. The summed E-state index contributed by atoms with van der Waals surface area (Å²) in [7, 11) is 0. The highest BCUT2D eigenvalue weighted by Gasteiger charge is 2.64. The van der Waals surface area contributed by atoms with Gasteiger partial charge in [-0.3, -0.25) is 4.79 Å². The Morgan fingerprint density at radius 2 is 1.94 bits per heavy atom. The third kappa shape index (κ3) is 4.52. The molecule has 2 atom stereocenters. The van der Waals surface area contributed by atoms with Crippen molar-refractivity contribution in [1.82, 2.24) is 15.2 Å². The van der Waals surface area contributed by atoms with Gasteiger partial charge in [0, 0.05) is 17.4 Å². The number of nitrogens with one attached hydrogen (secondary N) is 2. The van der Waals surface area contributed by atoms with E-state index in [4.69, 9.17) is 0 Å². The highest BCUT2D eigenvalue weighted by atomic mass is 32.1. The van der Waals surface area contributed by atoms with E-state index in [-0.39, 0.29) is 5.82 Å². The number of halogens is 6. The lowest BCUT2D eigenvalue weighted by molar-refractivity contribution is -0.301. The van der Waals surface area contributed by atoms with Crippen molar-refractivity contribution < 1.29 is 31.1 Å². The fourth-order valence-corrected chi connectivity index (χ4v) is 4.33. The van der Waals surface area contributed by atoms with Crippen LogP contribution in [0.2, 0.25) is 0 Å². The van der Waals surface area contributed by atoms with Gasteiger partial charge in [0.25, 0.3) is 5.91 Å². The zero-order chi connectivity index (χ0) is 24.7. The van der Waals surface area contributed by atoms with Crippen molar-refractivity contribution in [3.8, 4) is 0 Å². The molecule has 1 aliphatic heterocycles. The second-order valence-corrected chi connectivity index (χ2v) is 8.59. The Balaban J connectivity index is 1.64. The molecule has 2 N–H and O–H groups in total.